The second kappa shape index (κ2) is 10.5. The molecule has 0 amide bonds. The third-order valence-corrected chi connectivity index (χ3v) is 5.59. The van der Waals surface area contributed by atoms with Crippen molar-refractivity contribution >= 4 is 51.7 Å². The quantitative estimate of drug-likeness (QED) is 0.310. The summed E-state index contributed by atoms with van der Waals surface area (Å²) in [6.45, 7) is 5.86. The molecule has 4 N–H and O–H groups in total. The first-order chi connectivity index (χ1) is 10.7. The molecule has 0 aliphatic carbocycles. The third-order valence-electron chi connectivity index (χ3n) is 3.42. The molecule has 1 rings (SSSR count). The van der Waals surface area contributed by atoms with Crippen LogP contribution in [0, 0.1) is 0 Å². The molecule has 6 nitrogen and oxygen atoms in total. The summed E-state index contributed by atoms with van der Waals surface area (Å²) < 4.78 is 22.5. The van der Waals surface area contributed by atoms with Crippen molar-refractivity contribution in [1.29, 1.82) is 0 Å². The lowest BCUT2D eigenvalue weighted by atomic mass is 10.1. The first-order valence-corrected chi connectivity index (χ1v) is 10.1. The highest BCUT2D eigenvalue weighted by atomic mass is 127. The largest absolute Gasteiger partial charge is 0.356 e. The van der Waals surface area contributed by atoms with Gasteiger partial charge in [0, 0.05) is 24.9 Å². The summed E-state index contributed by atoms with van der Waals surface area (Å²) in [7, 11) is -1.89. The van der Waals surface area contributed by atoms with Gasteiger partial charge in [0.05, 0.1) is 4.90 Å². The first-order valence-electron chi connectivity index (χ1n) is 7.29. The molecule has 1 aromatic rings. The number of benzene rings is 1. The van der Waals surface area contributed by atoms with Gasteiger partial charge < -0.3 is 10.6 Å². The van der Waals surface area contributed by atoms with Crippen LogP contribution in [0.15, 0.2) is 34.2 Å². The summed E-state index contributed by atoms with van der Waals surface area (Å²) in [5.74, 6) is 0.758. The Labute approximate surface area is 166 Å². The van der Waals surface area contributed by atoms with Crippen molar-refractivity contribution in [3.05, 3.63) is 29.8 Å². The van der Waals surface area contributed by atoms with Crippen molar-refractivity contribution in [3.63, 3.8) is 0 Å². The van der Waals surface area contributed by atoms with Gasteiger partial charge in [0.1, 0.15) is 0 Å². The topological polar surface area (TPSA) is 96.6 Å². The minimum Gasteiger partial charge on any atom is -0.356 e. The van der Waals surface area contributed by atoms with Gasteiger partial charge in [0.15, 0.2) is 5.96 Å². The molecule has 0 bridgehead atoms. The number of sulfonamides is 1. The predicted molar refractivity (Wildman–Crippen MR) is 114 cm³/mol. The molecule has 1 aromatic carbocycles. The van der Waals surface area contributed by atoms with Gasteiger partial charge in [0.2, 0.25) is 10.0 Å². The van der Waals surface area contributed by atoms with Gasteiger partial charge >= 0.3 is 0 Å². The van der Waals surface area contributed by atoms with Gasteiger partial charge in [-0.25, -0.2) is 13.6 Å². The number of aliphatic imine (C=N–C) groups is 1. The molecule has 0 aliphatic heterocycles. The van der Waals surface area contributed by atoms with E-state index < -0.39 is 10.0 Å². The average molecular weight is 486 g/mol. The van der Waals surface area contributed by atoms with Crippen LogP contribution in [0.3, 0.4) is 0 Å². The Balaban J connectivity index is 0.00000529. The van der Waals surface area contributed by atoms with Crippen LogP contribution in [0.1, 0.15) is 19.4 Å². The zero-order chi connectivity index (χ0) is 17.5. The molecule has 0 atom stereocenters. The second-order valence-electron chi connectivity index (χ2n) is 5.76. The minimum absolute atomic E-state index is 0. The number of hydrogen-bond donors (Lipinski definition) is 3. The summed E-state index contributed by atoms with van der Waals surface area (Å²) in [5, 5.41) is 11.6. The van der Waals surface area contributed by atoms with Crippen molar-refractivity contribution in [2.75, 3.05) is 26.4 Å². The summed E-state index contributed by atoms with van der Waals surface area (Å²) in [6, 6.07) is 6.60. The molecule has 0 radical (unpaired) electrons. The van der Waals surface area contributed by atoms with E-state index in [-0.39, 0.29) is 33.6 Å². The smallest absolute Gasteiger partial charge is 0.238 e. The Morgan fingerprint density at radius 1 is 1.25 bits per heavy atom. The SMILES string of the molecule is CN=C(NCCc1ccc(S(N)(=O)=O)cc1)NCC(C)(C)SC.I. The van der Waals surface area contributed by atoms with E-state index in [2.05, 4.69) is 35.7 Å². The molecule has 0 fully saturated rings. The lowest BCUT2D eigenvalue weighted by Gasteiger charge is -2.23. The fraction of sp³-hybridized carbons (Fsp3) is 0.533. The molecular weight excluding hydrogens is 459 g/mol. The number of halogens is 1. The average Bonchev–Trinajstić information content (AvgIpc) is 2.50. The molecule has 0 aromatic heterocycles. The number of hydrogen-bond acceptors (Lipinski definition) is 4. The normalized spacial score (nSPS) is 12.5. The lowest BCUT2D eigenvalue weighted by Crippen LogP contribution is -2.43. The molecule has 0 spiro atoms. The van der Waals surface area contributed by atoms with E-state index in [0.29, 0.717) is 6.54 Å². The predicted octanol–water partition coefficient (Wildman–Crippen LogP) is 1.80. The lowest BCUT2D eigenvalue weighted by molar-refractivity contribution is 0.598. The Morgan fingerprint density at radius 2 is 1.83 bits per heavy atom. The van der Waals surface area contributed by atoms with Crippen molar-refractivity contribution in [2.24, 2.45) is 10.1 Å². The number of guanidine groups is 1. The molecule has 0 saturated carbocycles. The van der Waals surface area contributed by atoms with Crippen molar-refractivity contribution < 1.29 is 8.42 Å². The molecule has 9 heteroatoms. The first kappa shape index (κ1) is 23.5. The monoisotopic (exact) mass is 486 g/mol. The van der Waals surface area contributed by atoms with Crippen LogP contribution >= 0.6 is 35.7 Å². The van der Waals surface area contributed by atoms with E-state index >= 15 is 0 Å². The van der Waals surface area contributed by atoms with Crippen LogP contribution in [0.2, 0.25) is 0 Å². The summed E-state index contributed by atoms with van der Waals surface area (Å²) in [4.78, 5) is 4.32. The molecule has 0 saturated heterocycles. The van der Waals surface area contributed by atoms with Crippen LogP contribution in [-0.4, -0.2) is 45.5 Å². The summed E-state index contributed by atoms with van der Waals surface area (Å²) >= 11 is 1.80. The number of thioether (sulfide) groups is 1. The van der Waals surface area contributed by atoms with Crippen LogP contribution in [0.4, 0.5) is 0 Å². The fourth-order valence-corrected chi connectivity index (χ4v) is 2.49. The van der Waals surface area contributed by atoms with Crippen molar-refractivity contribution in [1.82, 2.24) is 10.6 Å². The molecular formula is C15H27IN4O2S2. The van der Waals surface area contributed by atoms with E-state index in [1.54, 1.807) is 30.9 Å². The van der Waals surface area contributed by atoms with Gasteiger partial charge in [0.25, 0.3) is 0 Å². The van der Waals surface area contributed by atoms with Gasteiger partial charge in [-0.15, -0.1) is 24.0 Å². The maximum atomic E-state index is 11.2. The van der Waals surface area contributed by atoms with Gasteiger partial charge in [-0.05, 0) is 44.2 Å². The standard InChI is InChI=1S/C15H26N4O2S2.HI/c1-15(2,22-4)11-19-14(17-3)18-10-9-12-5-7-13(8-6-12)23(16,20)21;/h5-8H,9-11H2,1-4H3,(H2,16,20,21)(H2,17,18,19);1H. The highest BCUT2D eigenvalue weighted by Gasteiger charge is 2.16. The Morgan fingerprint density at radius 3 is 2.29 bits per heavy atom. The Hall–Kier alpha value is -0.520. The van der Waals surface area contributed by atoms with Crippen LogP contribution in [0.25, 0.3) is 0 Å². The maximum absolute atomic E-state index is 11.2. The Kier molecular flexibility index (Phi) is 10.2. The zero-order valence-corrected chi connectivity index (χ0v) is 18.5. The van der Waals surface area contributed by atoms with Gasteiger partial charge in [-0.1, -0.05) is 12.1 Å². The molecule has 24 heavy (non-hydrogen) atoms. The number of nitrogens with one attached hydrogen (secondary N) is 2. The van der Waals surface area contributed by atoms with Crippen LogP contribution in [-0.2, 0) is 16.4 Å². The summed E-state index contributed by atoms with van der Waals surface area (Å²) in [6.07, 6.45) is 2.85. The summed E-state index contributed by atoms with van der Waals surface area (Å²) in [5.41, 5.74) is 1.03. The second-order valence-corrected chi connectivity index (χ2v) is 8.83. The van der Waals surface area contributed by atoms with Crippen molar-refractivity contribution in [3.8, 4) is 0 Å². The van der Waals surface area contributed by atoms with Gasteiger partial charge in [-0.2, -0.15) is 11.8 Å². The van der Waals surface area contributed by atoms with E-state index in [1.807, 2.05) is 0 Å². The van der Waals surface area contributed by atoms with E-state index in [9.17, 15) is 8.42 Å². The molecule has 138 valence electrons. The van der Waals surface area contributed by atoms with E-state index in [4.69, 9.17) is 5.14 Å². The Bertz CT molecular complexity index is 631. The highest BCUT2D eigenvalue weighted by molar-refractivity contribution is 14.0. The van der Waals surface area contributed by atoms with Crippen LogP contribution < -0.4 is 15.8 Å². The third kappa shape index (κ3) is 8.54. The van der Waals surface area contributed by atoms with Crippen LogP contribution in [0.5, 0.6) is 0 Å². The molecule has 0 aliphatic rings. The highest BCUT2D eigenvalue weighted by Crippen LogP contribution is 2.19. The number of nitrogens with two attached hydrogens (primary N) is 1. The number of primary sulfonamides is 1. The van der Waals surface area contributed by atoms with Crippen molar-refractivity contribution in [2.45, 2.75) is 29.9 Å². The van der Waals surface area contributed by atoms with E-state index in [1.165, 1.54) is 12.1 Å². The molecule has 0 heterocycles. The molecule has 0 unspecified atom stereocenters. The maximum Gasteiger partial charge on any atom is 0.238 e. The number of rotatable bonds is 7. The number of nitrogens with zero attached hydrogens (tertiary/aromatic N) is 1. The zero-order valence-electron chi connectivity index (χ0n) is 14.5. The van der Waals surface area contributed by atoms with E-state index in [0.717, 1.165) is 24.5 Å². The fourth-order valence-electron chi connectivity index (χ4n) is 1.76. The van der Waals surface area contributed by atoms with Gasteiger partial charge in [-0.3, -0.25) is 4.99 Å². The minimum atomic E-state index is -3.63.